The lowest BCUT2D eigenvalue weighted by Crippen LogP contribution is -2.44. The first-order chi connectivity index (χ1) is 10.1. The second-order valence-electron chi connectivity index (χ2n) is 5.41. The normalized spacial score (nSPS) is 18.0. The Bertz CT molecular complexity index is 625. The number of hydrogen-bond donors (Lipinski definition) is 1. The van der Waals surface area contributed by atoms with Gasteiger partial charge < -0.3 is 15.0 Å². The first kappa shape index (κ1) is 14.4. The summed E-state index contributed by atoms with van der Waals surface area (Å²) in [7, 11) is 0. The number of rotatable bonds is 5. The molecule has 5 nitrogen and oxygen atoms in total. The van der Waals surface area contributed by atoms with Crippen molar-refractivity contribution in [1.82, 2.24) is 10.1 Å². The van der Waals surface area contributed by atoms with Crippen molar-refractivity contribution in [2.75, 3.05) is 0 Å². The molecule has 1 aromatic heterocycles. The fourth-order valence-corrected chi connectivity index (χ4v) is 2.53. The Hall–Kier alpha value is -1.59. The van der Waals surface area contributed by atoms with Gasteiger partial charge in [-0.15, -0.1) is 0 Å². The Morgan fingerprint density at radius 3 is 2.81 bits per heavy atom. The van der Waals surface area contributed by atoms with E-state index in [9.17, 15) is 0 Å². The molecule has 0 spiro atoms. The molecule has 6 heteroatoms. The Kier molecular flexibility index (Phi) is 3.87. The molecule has 1 fully saturated rings. The van der Waals surface area contributed by atoms with Crippen molar-refractivity contribution >= 4 is 11.6 Å². The van der Waals surface area contributed by atoms with Crippen LogP contribution in [0.3, 0.4) is 0 Å². The van der Waals surface area contributed by atoms with Gasteiger partial charge in [0.15, 0.2) is 11.9 Å². The number of benzene rings is 1. The summed E-state index contributed by atoms with van der Waals surface area (Å²) >= 11 is 6.11. The van der Waals surface area contributed by atoms with Gasteiger partial charge in [0.1, 0.15) is 5.75 Å². The smallest absolute Gasteiger partial charge is 0.267 e. The van der Waals surface area contributed by atoms with Crippen LogP contribution in [-0.2, 0) is 5.54 Å². The van der Waals surface area contributed by atoms with E-state index in [0.717, 1.165) is 19.3 Å². The van der Waals surface area contributed by atoms with Crippen LogP contribution < -0.4 is 10.5 Å². The predicted molar refractivity (Wildman–Crippen MR) is 79.1 cm³/mol. The second-order valence-corrected chi connectivity index (χ2v) is 5.82. The van der Waals surface area contributed by atoms with Crippen molar-refractivity contribution in [2.45, 2.75) is 44.2 Å². The average molecular weight is 308 g/mol. The minimum atomic E-state index is -0.426. The molecule has 1 atom stereocenters. The van der Waals surface area contributed by atoms with Crippen LogP contribution in [0.4, 0.5) is 0 Å². The maximum atomic E-state index is 6.21. The first-order valence-corrected chi connectivity index (χ1v) is 7.54. The van der Waals surface area contributed by atoms with Gasteiger partial charge in [-0.2, -0.15) is 4.98 Å². The third kappa shape index (κ3) is 2.76. The van der Waals surface area contributed by atoms with E-state index in [4.69, 9.17) is 26.6 Å². The molecule has 0 radical (unpaired) electrons. The van der Waals surface area contributed by atoms with Gasteiger partial charge in [0.05, 0.1) is 10.6 Å². The molecule has 1 aliphatic rings. The minimum absolute atomic E-state index is 0.324. The quantitative estimate of drug-likeness (QED) is 0.913. The van der Waals surface area contributed by atoms with E-state index in [2.05, 4.69) is 10.1 Å². The number of nitrogens with zero attached hydrogens (tertiary/aromatic N) is 2. The number of halogens is 1. The van der Waals surface area contributed by atoms with Crippen LogP contribution >= 0.6 is 11.6 Å². The zero-order chi connectivity index (χ0) is 14.9. The van der Waals surface area contributed by atoms with Crippen LogP contribution in [0.15, 0.2) is 28.8 Å². The van der Waals surface area contributed by atoms with Crippen molar-refractivity contribution in [1.29, 1.82) is 0 Å². The summed E-state index contributed by atoms with van der Waals surface area (Å²) in [6.07, 6.45) is 3.27. The van der Waals surface area contributed by atoms with Crippen LogP contribution in [0.2, 0.25) is 5.02 Å². The maximum Gasteiger partial charge on any atom is 0.267 e. The van der Waals surface area contributed by atoms with Crippen LogP contribution in [0.5, 0.6) is 5.75 Å². The van der Waals surface area contributed by atoms with E-state index in [1.165, 1.54) is 0 Å². The number of nitrogens with two attached hydrogens (primary N) is 1. The summed E-state index contributed by atoms with van der Waals surface area (Å²) in [4.78, 5) is 4.43. The Morgan fingerprint density at radius 1 is 1.43 bits per heavy atom. The summed E-state index contributed by atoms with van der Waals surface area (Å²) in [6, 6.07) is 7.33. The van der Waals surface area contributed by atoms with Gasteiger partial charge >= 0.3 is 0 Å². The van der Waals surface area contributed by atoms with Crippen molar-refractivity contribution in [3.05, 3.63) is 41.0 Å². The van der Waals surface area contributed by atoms with Crippen LogP contribution in [-0.4, -0.2) is 10.1 Å². The molecule has 0 amide bonds. The lowest BCUT2D eigenvalue weighted by Gasteiger charge is -2.34. The van der Waals surface area contributed by atoms with E-state index < -0.39 is 5.54 Å². The number of para-hydroxylation sites is 1. The van der Waals surface area contributed by atoms with E-state index in [1.807, 2.05) is 25.1 Å². The van der Waals surface area contributed by atoms with E-state index >= 15 is 0 Å². The third-order valence-electron chi connectivity index (χ3n) is 3.88. The molecule has 0 saturated heterocycles. The lowest BCUT2D eigenvalue weighted by molar-refractivity contribution is 0.154. The van der Waals surface area contributed by atoms with Gasteiger partial charge in [0.25, 0.3) is 5.89 Å². The molecule has 3 rings (SSSR count). The van der Waals surface area contributed by atoms with Gasteiger partial charge in [0.2, 0.25) is 0 Å². The number of ether oxygens (including phenoxy) is 1. The second kappa shape index (κ2) is 5.66. The lowest BCUT2D eigenvalue weighted by atomic mass is 9.77. The molecule has 1 aromatic carbocycles. The standard InChI is InChI=1S/C15H18ClN3O2/c1-2-11(20-12-7-4-3-6-10(12)16)13-18-14(19-21-13)15(17)8-5-9-15/h3-4,6-7,11H,2,5,8-9,17H2,1H3. The SMILES string of the molecule is CCC(Oc1ccccc1Cl)c1nc(C2(N)CCC2)no1. The Balaban J connectivity index is 1.79. The Morgan fingerprint density at radius 2 is 2.19 bits per heavy atom. The first-order valence-electron chi connectivity index (χ1n) is 7.16. The fourth-order valence-electron chi connectivity index (χ4n) is 2.35. The van der Waals surface area contributed by atoms with Gasteiger partial charge in [-0.1, -0.05) is 35.8 Å². The van der Waals surface area contributed by atoms with E-state index in [-0.39, 0.29) is 6.10 Å². The van der Waals surface area contributed by atoms with Crippen molar-refractivity contribution in [3.63, 3.8) is 0 Å². The molecule has 112 valence electrons. The van der Waals surface area contributed by atoms with E-state index in [1.54, 1.807) is 6.07 Å². The van der Waals surface area contributed by atoms with Crippen LogP contribution in [0, 0.1) is 0 Å². The van der Waals surface area contributed by atoms with Crippen LogP contribution in [0.1, 0.15) is 50.4 Å². The summed E-state index contributed by atoms with van der Waals surface area (Å²) in [5.41, 5.74) is 5.78. The summed E-state index contributed by atoms with van der Waals surface area (Å²) in [5, 5.41) is 4.58. The van der Waals surface area contributed by atoms with Gasteiger partial charge in [-0.3, -0.25) is 0 Å². The van der Waals surface area contributed by atoms with E-state index in [0.29, 0.717) is 28.9 Å². The topological polar surface area (TPSA) is 74.2 Å². The number of aromatic nitrogens is 2. The van der Waals surface area contributed by atoms with Gasteiger partial charge in [-0.25, -0.2) is 0 Å². The van der Waals surface area contributed by atoms with Crippen molar-refractivity contribution in [2.24, 2.45) is 5.73 Å². The highest BCUT2D eigenvalue weighted by Crippen LogP contribution is 2.38. The fraction of sp³-hybridized carbons (Fsp3) is 0.467. The molecular weight excluding hydrogens is 290 g/mol. The molecule has 0 bridgehead atoms. The maximum absolute atomic E-state index is 6.21. The van der Waals surface area contributed by atoms with Crippen LogP contribution in [0.25, 0.3) is 0 Å². The van der Waals surface area contributed by atoms with Gasteiger partial charge in [-0.05, 0) is 37.8 Å². The molecule has 2 aromatic rings. The number of hydrogen-bond acceptors (Lipinski definition) is 5. The highest BCUT2D eigenvalue weighted by Gasteiger charge is 2.39. The molecule has 1 unspecified atom stereocenters. The largest absolute Gasteiger partial charge is 0.479 e. The highest BCUT2D eigenvalue weighted by atomic mass is 35.5. The third-order valence-corrected chi connectivity index (χ3v) is 4.20. The Labute approximate surface area is 128 Å². The monoisotopic (exact) mass is 307 g/mol. The molecule has 21 heavy (non-hydrogen) atoms. The summed E-state index contributed by atoms with van der Waals surface area (Å²) < 4.78 is 11.2. The zero-order valence-corrected chi connectivity index (χ0v) is 12.6. The molecular formula is C15H18ClN3O2. The minimum Gasteiger partial charge on any atom is -0.479 e. The molecule has 1 aliphatic carbocycles. The zero-order valence-electron chi connectivity index (χ0n) is 11.9. The molecule has 0 aliphatic heterocycles. The van der Waals surface area contributed by atoms with Crippen molar-refractivity contribution in [3.8, 4) is 5.75 Å². The molecule has 2 N–H and O–H groups in total. The summed E-state index contributed by atoms with van der Waals surface area (Å²) in [6.45, 7) is 1.99. The average Bonchev–Trinajstić information content (AvgIpc) is 2.94. The van der Waals surface area contributed by atoms with Crippen molar-refractivity contribution < 1.29 is 9.26 Å². The molecule has 1 saturated carbocycles. The molecule has 1 heterocycles. The summed E-state index contributed by atoms with van der Waals surface area (Å²) in [5.74, 6) is 1.63. The predicted octanol–water partition coefficient (Wildman–Crippen LogP) is 3.59. The van der Waals surface area contributed by atoms with Gasteiger partial charge in [0, 0.05) is 0 Å². The highest BCUT2D eigenvalue weighted by molar-refractivity contribution is 6.32.